The third-order valence-corrected chi connectivity index (χ3v) is 2.33. The van der Waals surface area contributed by atoms with E-state index < -0.39 is 5.24 Å². The third-order valence-electron chi connectivity index (χ3n) is 2.11. The number of rotatable bonds is 5. The van der Waals surface area contributed by atoms with E-state index in [1.165, 1.54) is 0 Å². The summed E-state index contributed by atoms with van der Waals surface area (Å²) in [5.41, 5.74) is 0.493. The van der Waals surface area contributed by atoms with Crippen molar-refractivity contribution in [1.29, 1.82) is 0 Å². The van der Waals surface area contributed by atoms with Crippen molar-refractivity contribution >= 4 is 16.8 Å². The van der Waals surface area contributed by atoms with Gasteiger partial charge in [-0.2, -0.15) is 0 Å². The molecule has 3 heteroatoms. The molecule has 0 fully saturated rings. The number of hydrogen-bond acceptors (Lipinski definition) is 2. The normalized spacial score (nSPS) is 12.2. The van der Waals surface area contributed by atoms with Gasteiger partial charge in [-0.3, -0.25) is 4.79 Å². The Morgan fingerprint density at radius 1 is 1.40 bits per heavy atom. The molecule has 82 valence electrons. The largest absolute Gasteiger partial charge is 0.491 e. The van der Waals surface area contributed by atoms with Crippen molar-refractivity contribution in [1.82, 2.24) is 0 Å². The molecule has 0 aliphatic heterocycles. The number of hydrogen-bond donors (Lipinski definition) is 0. The van der Waals surface area contributed by atoms with Crippen LogP contribution in [0.4, 0.5) is 0 Å². The summed E-state index contributed by atoms with van der Waals surface area (Å²) in [5, 5.41) is -0.442. The minimum absolute atomic E-state index is 0.201. The van der Waals surface area contributed by atoms with Crippen LogP contribution in [0.15, 0.2) is 24.3 Å². The molecule has 2 nitrogen and oxygen atoms in total. The first-order valence-electron chi connectivity index (χ1n) is 5.10. The van der Waals surface area contributed by atoms with Crippen LogP contribution in [0, 0.1) is 0 Å². The van der Waals surface area contributed by atoms with Crippen LogP contribution in [0.25, 0.3) is 0 Å². The second kappa shape index (κ2) is 5.76. The lowest BCUT2D eigenvalue weighted by atomic mass is 10.2. The molecule has 0 aliphatic rings. The van der Waals surface area contributed by atoms with Gasteiger partial charge in [0.2, 0.25) is 0 Å². The minimum atomic E-state index is -0.442. The fraction of sp³-hybridized carbons (Fsp3) is 0.417. The maximum absolute atomic E-state index is 10.8. The van der Waals surface area contributed by atoms with Gasteiger partial charge in [0, 0.05) is 5.56 Å². The zero-order chi connectivity index (χ0) is 11.3. The van der Waals surface area contributed by atoms with Gasteiger partial charge in [-0.25, -0.2) is 0 Å². The molecule has 0 radical (unpaired) electrons. The molecule has 0 N–H and O–H groups in total. The van der Waals surface area contributed by atoms with Crippen molar-refractivity contribution < 1.29 is 9.53 Å². The summed E-state index contributed by atoms with van der Waals surface area (Å²) < 4.78 is 5.64. The molecule has 0 aliphatic carbocycles. The van der Waals surface area contributed by atoms with Crippen molar-refractivity contribution in [2.75, 3.05) is 0 Å². The molecule has 15 heavy (non-hydrogen) atoms. The maximum atomic E-state index is 10.8. The number of ether oxygens (including phenoxy) is 1. The molecule has 1 atom stereocenters. The van der Waals surface area contributed by atoms with E-state index in [0.29, 0.717) is 5.56 Å². The van der Waals surface area contributed by atoms with E-state index >= 15 is 0 Å². The first kappa shape index (κ1) is 12.1. The highest BCUT2D eigenvalue weighted by molar-refractivity contribution is 6.67. The lowest BCUT2D eigenvalue weighted by molar-refractivity contribution is 0.108. The molecule has 0 heterocycles. The Labute approximate surface area is 95.2 Å². The lowest BCUT2D eigenvalue weighted by Gasteiger charge is -2.13. The van der Waals surface area contributed by atoms with Crippen molar-refractivity contribution in [3.05, 3.63) is 29.8 Å². The van der Waals surface area contributed by atoms with Gasteiger partial charge < -0.3 is 4.74 Å². The fourth-order valence-corrected chi connectivity index (χ4v) is 1.49. The van der Waals surface area contributed by atoms with E-state index in [4.69, 9.17) is 16.3 Å². The van der Waals surface area contributed by atoms with Gasteiger partial charge >= 0.3 is 0 Å². The van der Waals surface area contributed by atoms with Crippen molar-refractivity contribution in [2.45, 2.75) is 32.8 Å². The number of benzene rings is 1. The highest BCUT2D eigenvalue weighted by atomic mass is 35.5. The average Bonchev–Trinajstić information content (AvgIpc) is 2.18. The molecule has 0 aromatic heterocycles. The molecular formula is C12H15ClO2. The third kappa shape index (κ3) is 3.92. The molecule has 0 bridgehead atoms. The first-order chi connectivity index (χ1) is 7.13. The Kier molecular flexibility index (Phi) is 4.63. The van der Waals surface area contributed by atoms with E-state index in [1.807, 2.05) is 6.92 Å². The highest BCUT2D eigenvalue weighted by Crippen LogP contribution is 2.16. The van der Waals surface area contributed by atoms with Gasteiger partial charge in [-0.15, -0.1) is 0 Å². The SMILES string of the molecule is CCC[C@H](C)Oc1ccc(C(=O)Cl)cc1. The van der Waals surface area contributed by atoms with E-state index in [0.717, 1.165) is 18.6 Å². The smallest absolute Gasteiger partial charge is 0.252 e. The van der Waals surface area contributed by atoms with E-state index in [1.54, 1.807) is 24.3 Å². The Morgan fingerprint density at radius 3 is 2.47 bits per heavy atom. The van der Waals surface area contributed by atoms with Gasteiger partial charge in [0.1, 0.15) is 5.75 Å². The van der Waals surface area contributed by atoms with Gasteiger partial charge in [-0.1, -0.05) is 13.3 Å². The summed E-state index contributed by atoms with van der Waals surface area (Å²) in [5.74, 6) is 0.776. The molecule has 0 unspecified atom stereocenters. The van der Waals surface area contributed by atoms with Crippen LogP contribution < -0.4 is 4.74 Å². The zero-order valence-electron chi connectivity index (χ0n) is 9.00. The van der Waals surface area contributed by atoms with Crippen molar-refractivity contribution in [3.63, 3.8) is 0 Å². The van der Waals surface area contributed by atoms with Crippen LogP contribution in [-0.4, -0.2) is 11.3 Å². The highest BCUT2D eigenvalue weighted by Gasteiger charge is 2.04. The number of halogens is 1. The second-order valence-corrected chi connectivity index (χ2v) is 3.86. The monoisotopic (exact) mass is 226 g/mol. The topological polar surface area (TPSA) is 26.3 Å². The summed E-state index contributed by atoms with van der Waals surface area (Å²) >= 11 is 5.33. The molecular weight excluding hydrogens is 212 g/mol. The van der Waals surface area contributed by atoms with E-state index in [2.05, 4.69) is 6.92 Å². The molecule has 1 aromatic rings. The number of carbonyl (C=O) groups excluding carboxylic acids is 1. The van der Waals surface area contributed by atoms with Gasteiger partial charge in [0.15, 0.2) is 0 Å². The Hall–Kier alpha value is -1.02. The average molecular weight is 227 g/mol. The molecule has 0 amide bonds. The number of carbonyl (C=O) groups is 1. The summed E-state index contributed by atoms with van der Waals surface area (Å²) in [6.45, 7) is 4.15. The van der Waals surface area contributed by atoms with Crippen LogP contribution in [0.3, 0.4) is 0 Å². The molecule has 0 saturated heterocycles. The Bertz CT molecular complexity index is 319. The molecule has 0 spiro atoms. The Balaban J connectivity index is 2.60. The zero-order valence-corrected chi connectivity index (χ0v) is 9.75. The molecule has 1 aromatic carbocycles. The van der Waals surface area contributed by atoms with Gasteiger partial charge in [0.05, 0.1) is 6.10 Å². The lowest BCUT2D eigenvalue weighted by Crippen LogP contribution is -2.10. The minimum Gasteiger partial charge on any atom is -0.491 e. The fourth-order valence-electron chi connectivity index (χ4n) is 1.36. The summed E-state index contributed by atoms with van der Waals surface area (Å²) in [7, 11) is 0. The van der Waals surface area contributed by atoms with Crippen LogP contribution >= 0.6 is 11.6 Å². The predicted octanol–water partition coefficient (Wildman–Crippen LogP) is 3.63. The van der Waals surface area contributed by atoms with E-state index in [-0.39, 0.29) is 6.10 Å². The van der Waals surface area contributed by atoms with Crippen LogP contribution in [0.2, 0.25) is 0 Å². The van der Waals surface area contributed by atoms with Crippen LogP contribution in [0.1, 0.15) is 37.0 Å². The second-order valence-electron chi connectivity index (χ2n) is 3.52. The van der Waals surface area contributed by atoms with E-state index in [9.17, 15) is 4.79 Å². The van der Waals surface area contributed by atoms with Crippen LogP contribution in [-0.2, 0) is 0 Å². The maximum Gasteiger partial charge on any atom is 0.252 e. The van der Waals surface area contributed by atoms with Gasteiger partial charge in [0.25, 0.3) is 5.24 Å². The van der Waals surface area contributed by atoms with Crippen molar-refractivity contribution in [2.24, 2.45) is 0 Å². The quantitative estimate of drug-likeness (QED) is 0.717. The molecule has 0 saturated carbocycles. The first-order valence-corrected chi connectivity index (χ1v) is 5.47. The van der Waals surface area contributed by atoms with Gasteiger partial charge in [-0.05, 0) is 49.2 Å². The predicted molar refractivity (Wildman–Crippen MR) is 61.6 cm³/mol. The summed E-state index contributed by atoms with van der Waals surface area (Å²) in [6.07, 6.45) is 2.32. The van der Waals surface area contributed by atoms with Crippen LogP contribution in [0.5, 0.6) is 5.75 Å². The standard InChI is InChI=1S/C12H15ClO2/c1-3-4-9(2)15-11-7-5-10(6-8-11)12(13)14/h5-9H,3-4H2,1-2H3/t9-/m0/s1. The van der Waals surface area contributed by atoms with Crippen molar-refractivity contribution in [3.8, 4) is 5.75 Å². The summed E-state index contributed by atoms with van der Waals surface area (Å²) in [6, 6.07) is 6.87. The summed E-state index contributed by atoms with van der Waals surface area (Å²) in [4.78, 5) is 10.8. The Morgan fingerprint density at radius 2 is 2.00 bits per heavy atom. The molecule has 1 rings (SSSR count).